The number of nitrogens with one attached hydrogen (secondary N) is 2. The molecule has 0 bridgehead atoms. The van der Waals surface area contributed by atoms with Gasteiger partial charge in [-0.3, -0.25) is 5.32 Å². The van der Waals surface area contributed by atoms with Crippen molar-refractivity contribution in [2.45, 2.75) is 26.4 Å². The third-order valence-corrected chi connectivity index (χ3v) is 2.28. The van der Waals surface area contributed by atoms with E-state index >= 15 is 0 Å². The van der Waals surface area contributed by atoms with Crippen molar-refractivity contribution in [1.29, 1.82) is 0 Å². The molecule has 5 nitrogen and oxygen atoms in total. The molecule has 1 heterocycles. The highest BCUT2D eigenvalue weighted by Crippen LogP contribution is 2.24. The molecular weight excluding hydrogens is 251 g/mol. The van der Waals surface area contributed by atoms with Crippen LogP contribution >= 0.6 is 0 Å². The molecule has 0 saturated carbocycles. The Balaban J connectivity index is 0.00000180. The van der Waals surface area contributed by atoms with Crippen molar-refractivity contribution in [3.63, 3.8) is 0 Å². The zero-order valence-corrected chi connectivity index (χ0v) is 11.0. The Hall–Kier alpha value is -2.08. The van der Waals surface area contributed by atoms with Gasteiger partial charge in [0.15, 0.2) is 0 Å². The maximum absolute atomic E-state index is 13.1. The first-order valence-corrected chi connectivity index (χ1v) is 5.62. The van der Waals surface area contributed by atoms with Gasteiger partial charge in [0.1, 0.15) is 11.4 Å². The zero-order valence-electron chi connectivity index (χ0n) is 11.0. The summed E-state index contributed by atoms with van der Waals surface area (Å²) in [4.78, 5) is 14.6. The van der Waals surface area contributed by atoms with Crippen molar-refractivity contribution in [1.82, 2.24) is 4.98 Å². The summed E-state index contributed by atoms with van der Waals surface area (Å²) in [6.07, 6.45) is 1.04. The highest BCUT2D eigenvalue weighted by molar-refractivity contribution is 5.99. The lowest BCUT2D eigenvalue weighted by atomic mass is 10.2. The SMILES string of the molecule is CC(C)(C)OC(=O)Nc1c[nH]c2ccc(F)cc12.O. The molecule has 2 aromatic rings. The lowest BCUT2D eigenvalue weighted by Gasteiger charge is -2.19. The number of H-pyrrole nitrogens is 1. The number of hydrogen-bond acceptors (Lipinski definition) is 2. The van der Waals surface area contributed by atoms with Crippen molar-refractivity contribution < 1.29 is 19.4 Å². The van der Waals surface area contributed by atoms with Gasteiger partial charge in [-0.2, -0.15) is 0 Å². The van der Waals surface area contributed by atoms with Gasteiger partial charge in [0.25, 0.3) is 0 Å². The number of ether oxygens (including phenoxy) is 1. The van der Waals surface area contributed by atoms with Gasteiger partial charge in [0.2, 0.25) is 0 Å². The molecule has 0 saturated heterocycles. The fraction of sp³-hybridized carbons (Fsp3) is 0.308. The number of rotatable bonds is 1. The number of carbonyl (C=O) groups excluding carboxylic acids is 1. The number of fused-ring (bicyclic) bond motifs is 1. The van der Waals surface area contributed by atoms with Crippen LogP contribution in [0.15, 0.2) is 24.4 Å². The molecule has 0 radical (unpaired) electrons. The predicted octanol–water partition coefficient (Wildman–Crippen LogP) is 2.83. The van der Waals surface area contributed by atoms with Crippen LogP contribution in [-0.2, 0) is 4.74 Å². The number of aromatic nitrogens is 1. The summed E-state index contributed by atoms with van der Waals surface area (Å²) in [5.41, 5.74) is 0.683. The molecule has 0 fully saturated rings. The Bertz CT molecular complexity index is 587. The molecule has 4 N–H and O–H groups in total. The third-order valence-electron chi connectivity index (χ3n) is 2.28. The molecule has 0 aliphatic heterocycles. The summed E-state index contributed by atoms with van der Waals surface area (Å²) in [5, 5.41) is 3.20. The lowest BCUT2D eigenvalue weighted by Crippen LogP contribution is -2.27. The Morgan fingerprint density at radius 1 is 1.37 bits per heavy atom. The fourth-order valence-electron chi connectivity index (χ4n) is 1.61. The second kappa shape index (κ2) is 5.27. The van der Waals surface area contributed by atoms with Crippen LogP contribution in [0.3, 0.4) is 0 Å². The first kappa shape index (κ1) is 15.0. The van der Waals surface area contributed by atoms with E-state index < -0.39 is 11.7 Å². The van der Waals surface area contributed by atoms with Crippen molar-refractivity contribution in [3.8, 4) is 0 Å². The Labute approximate surface area is 110 Å². The van der Waals surface area contributed by atoms with Crippen LogP contribution in [0.2, 0.25) is 0 Å². The van der Waals surface area contributed by atoms with E-state index in [2.05, 4.69) is 10.3 Å². The maximum atomic E-state index is 13.1. The van der Waals surface area contributed by atoms with Gasteiger partial charge < -0.3 is 15.2 Å². The van der Waals surface area contributed by atoms with E-state index in [-0.39, 0.29) is 11.3 Å². The van der Waals surface area contributed by atoms with Gasteiger partial charge in [0, 0.05) is 17.1 Å². The number of amides is 1. The Morgan fingerprint density at radius 2 is 2.05 bits per heavy atom. The molecule has 104 valence electrons. The second-order valence-electron chi connectivity index (χ2n) is 5.02. The molecule has 0 unspecified atom stereocenters. The van der Waals surface area contributed by atoms with Crippen LogP contribution in [0.25, 0.3) is 10.9 Å². The smallest absolute Gasteiger partial charge is 0.412 e. The van der Waals surface area contributed by atoms with Crippen LogP contribution in [0, 0.1) is 5.82 Å². The van der Waals surface area contributed by atoms with Crippen molar-refractivity contribution in [2.75, 3.05) is 5.32 Å². The van der Waals surface area contributed by atoms with Gasteiger partial charge in [-0.05, 0) is 39.0 Å². The third kappa shape index (κ3) is 3.69. The quantitative estimate of drug-likeness (QED) is 0.833. The molecule has 1 aromatic carbocycles. The van der Waals surface area contributed by atoms with Crippen molar-refractivity contribution >= 4 is 22.7 Å². The lowest BCUT2D eigenvalue weighted by molar-refractivity contribution is 0.0636. The van der Waals surface area contributed by atoms with Crippen LogP contribution in [0.4, 0.5) is 14.9 Å². The average Bonchev–Trinajstić information content (AvgIpc) is 2.58. The number of anilines is 1. The van der Waals surface area contributed by atoms with Gasteiger partial charge in [-0.25, -0.2) is 9.18 Å². The molecule has 0 spiro atoms. The molecule has 19 heavy (non-hydrogen) atoms. The largest absolute Gasteiger partial charge is 0.444 e. The molecule has 0 aliphatic rings. The summed E-state index contributed by atoms with van der Waals surface area (Å²) in [5.74, 6) is -0.352. The summed E-state index contributed by atoms with van der Waals surface area (Å²) in [6, 6.07) is 4.33. The molecule has 1 aromatic heterocycles. The van der Waals surface area contributed by atoms with E-state index in [1.165, 1.54) is 12.1 Å². The molecule has 2 rings (SSSR count). The highest BCUT2D eigenvalue weighted by Gasteiger charge is 2.17. The number of halogens is 1. The summed E-state index contributed by atoms with van der Waals surface area (Å²) in [7, 11) is 0. The first-order valence-electron chi connectivity index (χ1n) is 5.62. The van der Waals surface area contributed by atoms with E-state index in [0.29, 0.717) is 11.1 Å². The second-order valence-corrected chi connectivity index (χ2v) is 5.02. The van der Waals surface area contributed by atoms with Crippen molar-refractivity contribution in [2.24, 2.45) is 0 Å². The monoisotopic (exact) mass is 268 g/mol. The Morgan fingerprint density at radius 3 is 2.68 bits per heavy atom. The predicted molar refractivity (Wildman–Crippen MR) is 71.7 cm³/mol. The average molecular weight is 268 g/mol. The fourth-order valence-corrected chi connectivity index (χ4v) is 1.61. The molecule has 6 heteroatoms. The van der Waals surface area contributed by atoms with Crippen LogP contribution in [0.1, 0.15) is 20.8 Å². The standard InChI is InChI=1S/C13H15FN2O2.H2O/c1-13(2,3)18-12(17)16-11-7-15-10-5-4-8(14)6-9(10)11;/h4-7,15H,1-3H3,(H,16,17);1H2. The zero-order chi connectivity index (χ0) is 13.3. The van der Waals surface area contributed by atoms with E-state index in [1.807, 2.05) is 0 Å². The number of carbonyl (C=O) groups is 1. The van der Waals surface area contributed by atoms with Gasteiger partial charge >= 0.3 is 6.09 Å². The van der Waals surface area contributed by atoms with Gasteiger partial charge in [0.05, 0.1) is 5.69 Å². The van der Waals surface area contributed by atoms with E-state index in [4.69, 9.17) is 4.74 Å². The topological polar surface area (TPSA) is 85.6 Å². The van der Waals surface area contributed by atoms with E-state index in [1.54, 1.807) is 33.0 Å². The van der Waals surface area contributed by atoms with E-state index in [0.717, 1.165) is 5.52 Å². The molecular formula is C13H17FN2O3. The van der Waals surface area contributed by atoms with Crippen LogP contribution in [-0.4, -0.2) is 22.2 Å². The maximum Gasteiger partial charge on any atom is 0.412 e. The number of aromatic amines is 1. The van der Waals surface area contributed by atoms with Crippen molar-refractivity contribution in [3.05, 3.63) is 30.2 Å². The normalized spacial score (nSPS) is 10.9. The number of hydrogen-bond donors (Lipinski definition) is 2. The van der Waals surface area contributed by atoms with Gasteiger partial charge in [-0.15, -0.1) is 0 Å². The molecule has 1 amide bonds. The summed E-state index contributed by atoms with van der Waals surface area (Å²) >= 11 is 0. The minimum absolute atomic E-state index is 0. The minimum Gasteiger partial charge on any atom is -0.444 e. The first-order chi connectivity index (χ1) is 8.35. The van der Waals surface area contributed by atoms with E-state index in [9.17, 15) is 9.18 Å². The summed E-state index contributed by atoms with van der Waals surface area (Å²) in [6.45, 7) is 5.34. The summed E-state index contributed by atoms with van der Waals surface area (Å²) < 4.78 is 18.3. The number of benzene rings is 1. The van der Waals surface area contributed by atoms with Gasteiger partial charge in [-0.1, -0.05) is 0 Å². The Kier molecular flexibility index (Phi) is 4.16. The highest BCUT2D eigenvalue weighted by atomic mass is 19.1. The molecule has 0 aliphatic carbocycles. The molecule has 0 atom stereocenters. The minimum atomic E-state index is -0.568. The van der Waals surface area contributed by atoms with Crippen LogP contribution in [0.5, 0.6) is 0 Å². The van der Waals surface area contributed by atoms with Crippen LogP contribution < -0.4 is 5.32 Å².